The number of hydrogen-bond acceptors (Lipinski definition) is 7. The summed E-state index contributed by atoms with van der Waals surface area (Å²) in [6.07, 6.45) is 0. The number of carbonyl (C=O) groups excluding carboxylic acids is 1. The minimum absolute atomic E-state index is 0.0211. The first-order valence-electron chi connectivity index (χ1n) is 6.13. The largest absolute Gasteiger partial charge is 0.480 e. The normalized spacial score (nSPS) is 11.6. The Hall–Kier alpha value is -1.91. The first-order valence-corrected chi connectivity index (χ1v) is 7.57. The predicted octanol–water partition coefficient (Wildman–Crippen LogP) is 0.0963. The van der Waals surface area contributed by atoms with Crippen LogP contribution in [0.4, 0.5) is 0 Å². The third-order valence-corrected chi connectivity index (χ3v) is 4.69. The molecule has 0 unspecified atom stereocenters. The molecule has 0 aliphatic heterocycles. The van der Waals surface area contributed by atoms with Gasteiger partial charge in [-0.05, 0) is 6.92 Å². The van der Waals surface area contributed by atoms with E-state index in [0.29, 0.717) is 0 Å². The van der Waals surface area contributed by atoms with Gasteiger partial charge in [-0.3, -0.25) is 4.79 Å². The van der Waals surface area contributed by atoms with Gasteiger partial charge in [0.1, 0.15) is 17.2 Å². The zero-order chi connectivity index (χ0) is 16.9. The van der Waals surface area contributed by atoms with Gasteiger partial charge in [0.15, 0.2) is 0 Å². The molecule has 0 saturated carbocycles. The molecule has 0 amide bonds. The first kappa shape index (κ1) is 18.1. The maximum Gasteiger partial charge on any atom is 0.373 e. The number of carboxylic acid groups (broad SMARTS) is 1. The summed E-state index contributed by atoms with van der Waals surface area (Å²) in [7, 11) is -1.66. The molecule has 22 heavy (non-hydrogen) atoms. The van der Waals surface area contributed by atoms with Crippen LogP contribution in [-0.2, 0) is 24.3 Å². The van der Waals surface area contributed by atoms with Gasteiger partial charge in [0, 0.05) is 19.7 Å². The number of sulfonamides is 1. The third kappa shape index (κ3) is 4.06. The number of carbonyl (C=O) groups is 2. The second kappa shape index (κ2) is 7.38. The quantitative estimate of drug-likeness (QED) is 0.663. The Kier molecular flexibility index (Phi) is 6.09. The van der Waals surface area contributed by atoms with Crippen molar-refractivity contribution in [2.45, 2.75) is 11.8 Å². The second-order valence-corrected chi connectivity index (χ2v) is 6.15. The molecule has 1 rings (SSSR count). The smallest absolute Gasteiger partial charge is 0.373 e. The van der Waals surface area contributed by atoms with Crippen LogP contribution in [0.1, 0.15) is 16.3 Å². The van der Waals surface area contributed by atoms with Gasteiger partial charge in [-0.2, -0.15) is 4.31 Å². The molecule has 0 aromatic carbocycles. The summed E-state index contributed by atoms with van der Waals surface area (Å²) in [5.74, 6) is -2.45. The Morgan fingerprint density at radius 2 is 2.00 bits per heavy atom. The summed E-state index contributed by atoms with van der Waals surface area (Å²) < 4.78 is 40.0. The number of rotatable bonds is 8. The van der Waals surface area contributed by atoms with Crippen molar-refractivity contribution >= 4 is 22.0 Å². The molecule has 0 fully saturated rings. The average Bonchev–Trinajstić information content (AvgIpc) is 2.84. The van der Waals surface area contributed by atoms with E-state index in [1.807, 2.05) is 0 Å². The summed E-state index contributed by atoms with van der Waals surface area (Å²) in [6.45, 7) is 0.495. The topological polar surface area (TPSA) is 123 Å². The standard InChI is InChI=1S/C12H17NO8S/c1-8-10(6-9(21-8)12(16)20-3)22(17,18)13(4-5-19-2)7-11(14)15/h6H,4-5,7H2,1-3H3,(H,14,15). The molecule has 1 aromatic heterocycles. The Morgan fingerprint density at radius 3 is 2.50 bits per heavy atom. The van der Waals surface area contributed by atoms with E-state index in [-0.39, 0.29) is 29.6 Å². The fraction of sp³-hybridized carbons (Fsp3) is 0.500. The molecule has 0 atom stereocenters. The molecule has 124 valence electrons. The van der Waals surface area contributed by atoms with Gasteiger partial charge in [0.05, 0.1) is 13.7 Å². The Bertz CT molecular complexity index is 648. The molecule has 0 saturated heterocycles. The van der Waals surface area contributed by atoms with Crippen molar-refractivity contribution in [3.63, 3.8) is 0 Å². The minimum atomic E-state index is -4.15. The van der Waals surface area contributed by atoms with Crippen LogP contribution in [0.15, 0.2) is 15.4 Å². The summed E-state index contributed by atoms with van der Waals surface area (Å²) in [5.41, 5.74) is 0. The molecule has 9 nitrogen and oxygen atoms in total. The number of nitrogens with zero attached hydrogens (tertiary/aromatic N) is 1. The van der Waals surface area contributed by atoms with Crippen LogP contribution in [0.25, 0.3) is 0 Å². The lowest BCUT2D eigenvalue weighted by atomic mass is 10.4. The molecule has 1 N–H and O–H groups in total. The highest BCUT2D eigenvalue weighted by Gasteiger charge is 2.31. The minimum Gasteiger partial charge on any atom is -0.480 e. The number of ether oxygens (including phenoxy) is 2. The van der Waals surface area contributed by atoms with E-state index >= 15 is 0 Å². The number of carboxylic acids is 1. The van der Waals surface area contributed by atoms with E-state index in [0.717, 1.165) is 17.5 Å². The van der Waals surface area contributed by atoms with Crippen molar-refractivity contribution in [3.8, 4) is 0 Å². The van der Waals surface area contributed by atoms with Crippen LogP contribution in [0.2, 0.25) is 0 Å². The molecule has 0 aliphatic carbocycles. The van der Waals surface area contributed by atoms with Gasteiger partial charge in [0.25, 0.3) is 0 Å². The van der Waals surface area contributed by atoms with Crippen LogP contribution >= 0.6 is 0 Å². The van der Waals surface area contributed by atoms with Gasteiger partial charge >= 0.3 is 11.9 Å². The van der Waals surface area contributed by atoms with E-state index in [1.54, 1.807) is 0 Å². The zero-order valence-electron chi connectivity index (χ0n) is 12.4. The number of aliphatic carboxylic acids is 1. The second-order valence-electron chi connectivity index (χ2n) is 4.25. The number of esters is 1. The fourth-order valence-corrected chi connectivity index (χ4v) is 3.22. The van der Waals surface area contributed by atoms with Crippen molar-refractivity contribution in [2.75, 3.05) is 33.9 Å². The van der Waals surface area contributed by atoms with Crippen LogP contribution in [-0.4, -0.2) is 63.7 Å². The maximum atomic E-state index is 12.5. The van der Waals surface area contributed by atoms with Crippen molar-refractivity contribution in [1.82, 2.24) is 4.31 Å². The van der Waals surface area contributed by atoms with Crippen molar-refractivity contribution in [1.29, 1.82) is 0 Å². The number of methoxy groups -OCH3 is 2. The van der Waals surface area contributed by atoms with Crippen LogP contribution in [0.5, 0.6) is 0 Å². The number of hydrogen-bond donors (Lipinski definition) is 1. The van der Waals surface area contributed by atoms with E-state index in [2.05, 4.69) is 4.74 Å². The molecular formula is C12H17NO8S. The van der Waals surface area contributed by atoms with Crippen molar-refractivity contribution in [3.05, 3.63) is 17.6 Å². The van der Waals surface area contributed by atoms with E-state index in [9.17, 15) is 18.0 Å². The van der Waals surface area contributed by atoms with Crippen LogP contribution in [0.3, 0.4) is 0 Å². The Morgan fingerprint density at radius 1 is 1.36 bits per heavy atom. The van der Waals surface area contributed by atoms with Gasteiger partial charge in [-0.1, -0.05) is 0 Å². The lowest BCUT2D eigenvalue weighted by molar-refractivity contribution is -0.137. The SMILES string of the molecule is COCCN(CC(=O)O)S(=O)(=O)c1cc(C(=O)OC)oc1C. The molecular weight excluding hydrogens is 318 g/mol. The summed E-state index contributed by atoms with van der Waals surface area (Å²) >= 11 is 0. The lowest BCUT2D eigenvalue weighted by Gasteiger charge is -2.19. The summed E-state index contributed by atoms with van der Waals surface area (Å²) in [5, 5.41) is 8.85. The average molecular weight is 335 g/mol. The van der Waals surface area contributed by atoms with E-state index < -0.39 is 28.5 Å². The molecule has 1 heterocycles. The Labute approximate surface area is 127 Å². The number of aryl methyl sites for hydroxylation is 1. The van der Waals surface area contributed by atoms with Gasteiger partial charge < -0.3 is 19.0 Å². The first-order chi connectivity index (χ1) is 10.2. The highest BCUT2D eigenvalue weighted by molar-refractivity contribution is 7.89. The summed E-state index contributed by atoms with van der Waals surface area (Å²) in [6, 6.07) is 1.01. The predicted molar refractivity (Wildman–Crippen MR) is 73.1 cm³/mol. The monoisotopic (exact) mass is 335 g/mol. The van der Waals surface area contributed by atoms with Gasteiger partial charge in [-0.25, -0.2) is 13.2 Å². The van der Waals surface area contributed by atoms with E-state index in [1.165, 1.54) is 14.0 Å². The van der Waals surface area contributed by atoms with Crippen LogP contribution in [0, 0.1) is 6.92 Å². The summed E-state index contributed by atoms with van der Waals surface area (Å²) in [4.78, 5) is 22.0. The van der Waals surface area contributed by atoms with E-state index in [4.69, 9.17) is 14.3 Å². The molecule has 10 heteroatoms. The van der Waals surface area contributed by atoms with Gasteiger partial charge in [0.2, 0.25) is 15.8 Å². The lowest BCUT2D eigenvalue weighted by Crippen LogP contribution is -2.38. The highest BCUT2D eigenvalue weighted by Crippen LogP contribution is 2.24. The fourth-order valence-electron chi connectivity index (χ4n) is 1.69. The molecule has 1 aromatic rings. The number of furan rings is 1. The highest BCUT2D eigenvalue weighted by atomic mass is 32.2. The molecule has 0 aliphatic rings. The molecule has 0 spiro atoms. The third-order valence-electron chi connectivity index (χ3n) is 2.73. The maximum absolute atomic E-state index is 12.5. The van der Waals surface area contributed by atoms with Crippen molar-refractivity contribution < 1.29 is 37.0 Å². The van der Waals surface area contributed by atoms with Crippen LogP contribution < -0.4 is 0 Å². The zero-order valence-corrected chi connectivity index (χ0v) is 13.2. The van der Waals surface area contributed by atoms with Crippen molar-refractivity contribution in [2.24, 2.45) is 0 Å². The van der Waals surface area contributed by atoms with Gasteiger partial charge in [-0.15, -0.1) is 0 Å². The Balaban J connectivity index is 3.21. The molecule has 0 bridgehead atoms. The molecule has 0 radical (unpaired) electrons.